The Kier molecular flexibility index (Phi) is 7.56. The molecule has 1 heterocycles. The molecule has 10 heteroatoms. The van der Waals surface area contributed by atoms with Crippen LogP contribution in [-0.2, 0) is 11.2 Å². The maximum Gasteiger partial charge on any atom is 0.342 e. The first-order chi connectivity index (χ1) is 14.6. The molecule has 1 amide bonds. The maximum absolute atomic E-state index is 11.8. The van der Waals surface area contributed by atoms with Crippen molar-refractivity contribution in [3.8, 4) is 5.75 Å². The second-order valence-corrected chi connectivity index (χ2v) is 7.01. The number of nitrogens with one attached hydrogen (secondary N) is 3. The van der Waals surface area contributed by atoms with Crippen LogP contribution >= 0.6 is 11.8 Å². The average molecular weight is 425 g/mol. The minimum atomic E-state index is -0.703. The summed E-state index contributed by atoms with van der Waals surface area (Å²) in [4.78, 5) is 36.2. The van der Waals surface area contributed by atoms with Gasteiger partial charge in [-0.25, -0.2) is 15.3 Å². The van der Waals surface area contributed by atoms with Gasteiger partial charge in [-0.2, -0.15) is 10.2 Å². The molecular weight excluding hydrogens is 406 g/mol. The molecule has 1 aromatic heterocycles. The largest absolute Gasteiger partial charge is 0.493 e. The van der Waals surface area contributed by atoms with Gasteiger partial charge in [0.2, 0.25) is 5.91 Å². The number of thioether (sulfide) groups is 1. The van der Waals surface area contributed by atoms with Crippen molar-refractivity contribution >= 4 is 23.9 Å². The Morgan fingerprint density at radius 2 is 1.90 bits per heavy atom. The van der Waals surface area contributed by atoms with Gasteiger partial charge in [-0.15, -0.1) is 0 Å². The molecule has 3 N–H and O–H groups in total. The first kappa shape index (κ1) is 21.1. The molecule has 3 rings (SSSR count). The van der Waals surface area contributed by atoms with Crippen molar-refractivity contribution in [2.75, 3.05) is 12.4 Å². The predicted molar refractivity (Wildman–Crippen MR) is 114 cm³/mol. The molecule has 0 atom stereocenters. The van der Waals surface area contributed by atoms with Crippen LogP contribution in [0.4, 0.5) is 0 Å². The molecule has 3 aromatic rings. The highest BCUT2D eigenvalue weighted by Crippen LogP contribution is 2.12. The third-order valence-electron chi connectivity index (χ3n) is 3.81. The van der Waals surface area contributed by atoms with E-state index in [0.29, 0.717) is 6.61 Å². The van der Waals surface area contributed by atoms with Crippen LogP contribution in [0.3, 0.4) is 0 Å². The molecule has 154 valence electrons. The van der Waals surface area contributed by atoms with E-state index in [0.717, 1.165) is 29.5 Å². The van der Waals surface area contributed by atoms with Crippen molar-refractivity contribution in [3.63, 3.8) is 0 Å². The second kappa shape index (κ2) is 10.8. The van der Waals surface area contributed by atoms with Gasteiger partial charge in [0, 0.05) is 6.42 Å². The zero-order valence-electron chi connectivity index (χ0n) is 15.8. The molecule has 0 fully saturated rings. The minimum absolute atomic E-state index is 0.00316. The Balaban J connectivity index is 1.40. The topological polar surface area (TPSA) is 129 Å². The summed E-state index contributed by atoms with van der Waals surface area (Å²) in [6.45, 7) is 0.582. The van der Waals surface area contributed by atoms with Gasteiger partial charge in [0.1, 0.15) is 5.75 Å². The highest BCUT2D eigenvalue weighted by molar-refractivity contribution is 7.99. The molecule has 0 radical (unpaired) electrons. The van der Waals surface area contributed by atoms with Gasteiger partial charge in [-0.05, 0) is 35.4 Å². The average Bonchev–Trinajstić information content (AvgIpc) is 2.75. The second-order valence-electron chi connectivity index (χ2n) is 6.05. The summed E-state index contributed by atoms with van der Waals surface area (Å²) in [7, 11) is 0. The number of H-pyrrole nitrogens is 2. The lowest BCUT2D eigenvalue weighted by Crippen LogP contribution is -2.26. The van der Waals surface area contributed by atoms with Gasteiger partial charge in [0.05, 0.1) is 18.6 Å². The fourth-order valence-corrected chi connectivity index (χ4v) is 2.99. The summed E-state index contributed by atoms with van der Waals surface area (Å²) in [6, 6.07) is 17.4. The van der Waals surface area contributed by atoms with E-state index in [1.165, 1.54) is 11.8 Å². The van der Waals surface area contributed by atoms with Crippen LogP contribution in [0.25, 0.3) is 0 Å². The molecule has 0 unspecified atom stereocenters. The van der Waals surface area contributed by atoms with E-state index in [2.05, 4.69) is 32.9 Å². The number of carbonyl (C=O) groups excluding carboxylic acids is 1. The quantitative estimate of drug-likeness (QED) is 0.269. The number of ether oxygens (including phenoxy) is 1. The number of rotatable bonds is 9. The molecule has 30 heavy (non-hydrogen) atoms. The molecule has 0 saturated carbocycles. The number of hydrogen-bond donors (Lipinski definition) is 3. The molecule has 0 aliphatic heterocycles. The Morgan fingerprint density at radius 3 is 2.63 bits per heavy atom. The first-order valence-corrected chi connectivity index (χ1v) is 9.99. The Bertz CT molecular complexity index is 1110. The number of nitrogens with zero attached hydrogens (tertiary/aromatic N) is 2. The van der Waals surface area contributed by atoms with Crippen LogP contribution in [0, 0.1) is 0 Å². The maximum atomic E-state index is 11.8. The van der Waals surface area contributed by atoms with Crippen LogP contribution in [0.2, 0.25) is 0 Å². The lowest BCUT2D eigenvalue weighted by atomic mass is 10.2. The van der Waals surface area contributed by atoms with Gasteiger partial charge in [-0.3, -0.25) is 14.6 Å². The minimum Gasteiger partial charge on any atom is -0.493 e. The van der Waals surface area contributed by atoms with Crippen molar-refractivity contribution in [3.05, 3.63) is 86.6 Å². The molecule has 0 bridgehead atoms. The smallest absolute Gasteiger partial charge is 0.342 e. The van der Waals surface area contributed by atoms with Gasteiger partial charge in [-0.1, -0.05) is 42.1 Å². The van der Waals surface area contributed by atoms with E-state index in [9.17, 15) is 14.4 Å². The Labute approximate surface area is 175 Å². The molecule has 0 aliphatic carbocycles. The summed E-state index contributed by atoms with van der Waals surface area (Å²) in [5.74, 6) is 0.264. The molecule has 0 spiro atoms. The number of hydrogen-bond acceptors (Lipinski definition) is 7. The van der Waals surface area contributed by atoms with Gasteiger partial charge in [0.15, 0.2) is 5.03 Å². The highest BCUT2D eigenvalue weighted by atomic mass is 32.2. The first-order valence-electron chi connectivity index (χ1n) is 9.00. The van der Waals surface area contributed by atoms with E-state index < -0.39 is 17.2 Å². The number of aromatic nitrogens is 3. The van der Waals surface area contributed by atoms with Crippen LogP contribution in [0.1, 0.15) is 11.1 Å². The third kappa shape index (κ3) is 6.74. The Hall–Kier alpha value is -3.66. The molecule has 9 nitrogen and oxygen atoms in total. The number of hydrazone groups is 1. The van der Waals surface area contributed by atoms with Crippen molar-refractivity contribution < 1.29 is 9.53 Å². The zero-order valence-corrected chi connectivity index (χ0v) is 16.6. The van der Waals surface area contributed by atoms with Crippen molar-refractivity contribution in [2.45, 2.75) is 11.4 Å². The molecular formula is C20H19N5O4S. The highest BCUT2D eigenvalue weighted by Gasteiger charge is 2.07. The number of amides is 1. The number of aromatic amines is 2. The van der Waals surface area contributed by atoms with Crippen LogP contribution < -0.4 is 21.4 Å². The van der Waals surface area contributed by atoms with Crippen molar-refractivity contribution in [1.82, 2.24) is 20.6 Å². The summed E-state index contributed by atoms with van der Waals surface area (Å²) in [5, 5.41) is 9.55. The third-order valence-corrected chi connectivity index (χ3v) is 4.76. The summed E-state index contributed by atoms with van der Waals surface area (Å²) < 4.78 is 5.73. The molecule has 0 saturated heterocycles. The monoisotopic (exact) mass is 425 g/mol. The van der Waals surface area contributed by atoms with E-state index >= 15 is 0 Å². The standard InChI is InChI=1S/C20H19N5O4S/c26-17(13-30-19-18(27)22-20(28)25-24-19)23-21-12-15-6-8-16(9-7-15)29-11-10-14-4-2-1-3-5-14/h1-9,12H,10-11,13H2,(H,23,26)(H2,22,25,27,28)/b21-12+. The zero-order chi connectivity index (χ0) is 21.2. The van der Waals surface area contributed by atoms with Crippen molar-refractivity contribution in [2.24, 2.45) is 5.10 Å². The normalized spacial score (nSPS) is 10.8. The lowest BCUT2D eigenvalue weighted by Gasteiger charge is -2.06. The van der Waals surface area contributed by atoms with Gasteiger partial charge in [0.25, 0.3) is 5.56 Å². The lowest BCUT2D eigenvalue weighted by molar-refractivity contribution is -0.118. The van der Waals surface area contributed by atoms with Gasteiger partial charge < -0.3 is 4.74 Å². The van der Waals surface area contributed by atoms with Crippen LogP contribution in [0.15, 0.2) is 74.3 Å². The van der Waals surface area contributed by atoms with Crippen molar-refractivity contribution in [1.29, 1.82) is 0 Å². The van der Waals surface area contributed by atoms with E-state index in [1.807, 2.05) is 47.4 Å². The number of benzene rings is 2. The molecule has 0 aliphatic rings. The number of carbonyl (C=O) groups is 1. The Morgan fingerprint density at radius 1 is 1.13 bits per heavy atom. The summed E-state index contributed by atoms with van der Waals surface area (Å²) in [5.41, 5.74) is 3.02. The van der Waals surface area contributed by atoms with E-state index in [-0.39, 0.29) is 10.8 Å². The summed E-state index contributed by atoms with van der Waals surface area (Å²) in [6.07, 6.45) is 2.33. The summed E-state index contributed by atoms with van der Waals surface area (Å²) >= 11 is 0.891. The van der Waals surface area contributed by atoms with Gasteiger partial charge >= 0.3 is 5.69 Å². The van der Waals surface area contributed by atoms with E-state index in [4.69, 9.17) is 4.74 Å². The fraction of sp³-hybridized carbons (Fsp3) is 0.150. The fourth-order valence-electron chi connectivity index (χ4n) is 2.36. The van der Waals surface area contributed by atoms with E-state index in [1.54, 1.807) is 0 Å². The SMILES string of the molecule is O=C(CSc1n[nH]c(=O)[nH]c1=O)N/N=C/c1ccc(OCCc2ccccc2)cc1. The van der Waals surface area contributed by atoms with Crippen LogP contribution in [-0.4, -0.2) is 39.7 Å². The molecule has 2 aromatic carbocycles. The van der Waals surface area contributed by atoms with Crippen LogP contribution in [0.5, 0.6) is 5.75 Å². The predicted octanol–water partition coefficient (Wildman–Crippen LogP) is 1.32.